The number of rotatable bonds is 2. The molecule has 0 heterocycles. The third-order valence-corrected chi connectivity index (χ3v) is 2.51. The van der Waals surface area contributed by atoms with Crippen LogP contribution in [0.4, 0.5) is 0 Å². The molecule has 0 atom stereocenters. The molecule has 0 saturated heterocycles. The molecule has 2 aromatic carbocycles. The fraction of sp³-hybridized carbons (Fsp3) is 0. The topological polar surface area (TPSA) is 20.2 Å². The first kappa shape index (κ1) is 9.31. The van der Waals surface area contributed by atoms with E-state index in [4.69, 9.17) is 4.55 Å². The summed E-state index contributed by atoms with van der Waals surface area (Å²) in [5, 5.41) is 0. The average Bonchev–Trinajstić information content (AvgIpc) is 2.30. The zero-order chi connectivity index (χ0) is 9.80. The Morgan fingerprint density at radius 2 is 1.50 bits per heavy atom. The fourth-order valence-corrected chi connectivity index (χ4v) is 1.68. The van der Waals surface area contributed by atoms with Crippen LogP contribution in [0.25, 0.3) is 11.1 Å². The molecule has 0 unspecified atom stereocenters. The second-order valence-corrected chi connectivity index (χ2v) is 3.64. The van der Waals surface area contributed by atoms with Crippen LogP contribution in [-0.4, -0.2) is 4.55 Å². The van der Waals surface area contributed by atoms with E-state index in [1.807, 2.05) is 42.5 Å². The summed E-state index contributed by atoms with van der Waals surface area (Å²) in [4.78, 5) is 0.867. The first-order valence-corrected chi connectivity index (χ1v) is 5.14. The van der Waals surface area contributed by atoms with Gasteiger partial charge >= 0.3 is 0 Å². The Hall–Kier alpha value is -1.25. The van der Waals surface area contributed by atoms with Crippen LogP contribution in [0.5, 0.6) is 0 Å². The van der Waals surface area contributed by atoms with Crippen molar-refractivity contribution in [2.75, 3.05) is 0 Å². The first-order valence-electron chi connectivity index (χ1n) is 4.37. The summed E-state index contributed by atoms with van der Waals surface area (Å²) in [6.45, 7) is 0. The minimum absolute atomic E-state index is 0.778. The lowest BCUT2D eigenvalue weighted by atomic mass is 10.1. The maximum absolute atomic E-state index is 8.93. The van der Waals surface area contributed by atoms with Crippen molar-refractivity contribution in [2.45, 2.75) is 4.90 Å². The van der Waals surface area contributed by atoms with Crippen molar-refractivity contribution in [2.24, 2.45) is 0 Å². The SMILES string of the molecule is OSc1cccc(-c2ccccc2)c1. The number of hydrogen-bond acceptors (Lipinski definition) is 2. The Morgan fingerprint density at radius 1 is 0.786 bits per heavy atom. The highest BCUT2D eigenvalue weighted by atomic mass is 32.2. The monoisotopic (exact) mass is 202 g/mol. The van der Waals surface area contributed by atoms with Crippen molar-refractivity contribution in [3.8, 4) is 11.1 Å². The third-order valence-electron chi connectivity index (χ3n) is 2.05. The van der Waals surface area contributed by atoms with E-state index < -0.39 is 0 Å². The standard InChI is InChI=1S/C12H10OS/c13-14-12-8-4-7-11(9-12)10-5-2-1-3-6-10/h1-9,13H. The summed E-state index contributed by atoms with van der Waals surface area (Å²) in [7, 11) is 0. The van der Waals surface area contributed by atoms with Crippen LogP contribution in [0, 0.1) is 0 Å². The third kappa shape index (κ3) is 1.97. The molecule has 0 amide bonds. The van der Waals surface area contributed by atoms with E-state index in [2.05, 4.69) is 12.1 Å². The van der Waals surface area contributed by atoms with Crippen molar-refractivity contribution in [3.05, 3.63) is 54.6 Å². The van der Waals surface area contributed by atoms with Crippen molar-refractivity contribution in [3.63, 3.8) is 0 Å². The van der Waals surface area contributed by atoms with Gasteiger partial charge in [-0.1, -0.05) is 42.5 Å². The van der Waals surface area contributed by atoms with Gasteiger partial charge in [-0.05, 0) is 23.3 Å². The van der Waals surface area contributed by atoms with Gasteiger partial charge in [0.05, 0.1) is 0 Å². The van der Waals surface area contributed by atoms with Gasteiger partial charge in [-0.25, -0.2) is 0 Å². The molecular formula is C12H10OS. The lowest BCUT2D eigenvalue weighted by molar-refractivity contribution is 0.664. The van der Waals surface area contributed by atoms with Gasteiger partial charge in [0, 0.05) is 16.9 Å². The molecule has 70 valence electrons. The van der Waals surface area contributed by atoms with E-state index in [1.165, 1.54) is 5.56 Å². The van der Waals surface area contributed by atoms with Gasteiger partial charge in [0.25, 0.3) is 0 Å². The van der Waals surface area contributed by atoms with Crippen LogP contribution in [0.3, 0.4) is 0 Å². The van der Waals surface area contributed by atoms with E-state index >= 15 is 0 Å². The largest absolute Gasteiger partial charge is 0.325 e. The molecule has 1 nitrogen and oxygen atoms in total. The van der Waals surface area contributed by atoms with Crippen LogP contribution in [0.15, 0.2) is 59.5 Å². The quantitative estimate of drug-likeness (QED) is 0.745. The highest BCUT2D eigenvalue weighted by Gasteiger charge is 1.97. The van der Waals surface area contributed by atoms with Crippen LogP contribution in [0.2, 0.25) is 0 Å². The lowest BCUT2D eigenvalue weighted by Gasteiger charge is -2.02. The van der Waals surface area contributed by atoms with Crippen LogP contribution in [0.1, 0.15) is 0 Å². The normalized spacial score (nSPS) is 10.1. The highest BCUT2D eigenvalue weighted by Crippen LogP contribution is 2.23. The Morgan fingerprint density at radius 3 is 2.21 bits per heavy atom. The van der Waals surface area contributed by atoms with Gasteiger partial charge in [0.2, 0.25) is 0 Å². The predicted molar refractivity (Wildman–Crippen MR) is 60.4 cm³/mol. The molecule has 0 saturated carbocycles. The summed E-state index contributed by atoms with van der Waals surface area (Å²) in [6, 6.07) is 18.0. The number of hydrogen-bond donors (Lipinski definition) is 1. The van der Waals surface area contributed by atoms with Gasteiger partial charge in [-0.3, -0.25) is 0 Å². The second-order valence-electron chi connectivity index (χ2n) is 2.99. The Bertz CT molecular complexity index is 412. The molecule has 2 rings (SSSR count). The predicted octanol–water partition coefficient (Wildman–Crippen LogP) is 3.92. The zero-order valence-electron chi connectivity index (χ0n) is 7.55. The van der Waals surface area contributed by atoms with Crippen LogP contribution in [-0.2, 0) is 0 Å². The Balaban J connectivity index is 2.42. The van der Waals surface area contributed by atoms with E-state index in [0.717, 1.165) is 22.5 Å². The zero-order valence-corrected chi connectivity index (χ0v) is 8.37. The number of benzene rings is 2. The van der Waals surface area contributed by atoms with Gasteiger partial charge in [0.15, 0.2) is 0 Å². The Kier molecular flexibility index (Phi) is 2.87. The molecule has 0 aliphatic carbocycles. The van der Waals surface area contributed by atoms with Crippen LogP contribution >= 0.6 is 12.0 Å². The smallest absolute Gasteiger partial charge is 0.0356 e. The molecule has 0 aromatic heterocycles. The molecule has 2 aromatic rings. The molecule has 14 heavy (non-hydrogen) atoms. The molecular weight excluding hydrogens is 192 g/mol. The summed E-state index contributed by atoms with van der Waals surface area (Å²) in [5.74, 6) is 0. The Labute approximate surface area is 87.6 Å². The molecule has 0 bridgehead atoms. The summed E-state index contributed by atoms with van der Waals surface area (Å²) in [6.07, 6.45) is 0. The van der Waals surface area contributed by atoms with Crippen LogP contribution < -0.4 is 0 Å². The van der Waals surface area contributed by atoms with E-state index in [0.29, 0.717) is 0 Å². The van der Waals surface area contributed by atoms with Crippen molar-refractivity contribution >= 4 is 12.0 Å². The lowest BCUT2D eigenvalue weighted by Crippen LogP contribution is -1.77. The van der Waals surface area contributed by atoms with Gasteiger partial charge in [0.1, 0.15) is 0 Å². The van der Waals surface area contributed by atoms with E-state index in [9.17, 15) is 0 Å². The molecule has 2 heteroatoms. The van der Waals surface area contributed by atoms with Gasteiger partial charge in [-0.2, -0.15) is 0 Å². The maximum Gasteiger partial charge on any atom is 0.0356 e. The summed E-state index contributed by atoms with van der Waals surface area (Å²) >= 11 is 0.778. The second kappa shape index (κ2) is 4.31. The molecule has 0 fully saturated rings. The average molecular weight is 202 g/mol. The molecule has 0 spiro atoms. The maximum atomic E-state index is 8.93. The van der Waals surface area contributed by atoms with Crippen molar-refractivity contribution in [1.82, 2.24) is 0 Å². The minimum Gasteiger partial charge on any atom is -0.325 e. The highest BCUT2D eigenvalue weighted by molar-refractivity contribution is 7.93. The summed E-state index contributed by atoms with van der Waals surface area (Å²) < 4.78 is 8.93. The van der Waals surface area contributed by atoms with Gasteiger partial charge < -0.3 is 4.55 Å². The fourth-order valence-electron chi connectivity index (χ4n) is 1.36. The van der Waals surface area contributed by atoms with Crippen molar-refractivity contribution in [1.29, 1.82) is 0 Å². The summed E-state index contributed by atoms with van der Waals surface area (Å²) in [5.41, 5.74) is 2.30. The van der Waals surface area contributed by atoms with E-state index in [1.54, 1.807) is 0 Å². The molecule has 0 radical (unpaired) electrons. The molecule has 1 N–H and O–H groups in total. The molecule has 0 aliphatic heterocycles. The first-order chi connectivity index (χ1) is 6.90. The van der Waals surface area contributed by atoms with Gasteiger partial charge in [-0.15, -0.1) is 0 Å². The van der Waals surface area contributed by atoms with Crippen molar-refractivity contribution < 1.29 is 4.55 Å². The van der Waals surface area contributed by atoms with E-state index in [-0.39, 0.29) is 0 Å². The molecule has 0 aliphatic rings. The minimum atomic E-state index is 0.778.